The van der Waals surface area contributed by atoms with Gasteiger partial charge in [0.25, 0.3) is 0 Å². The molecule has 4 N–H and O–H groups in total. The number of hydrazine groups is 1. The Morgan fingerprint density at radius 1 is 1.61 bits per heavy atom. The fourth-order valence-electron chi connectivity index (χ4n) is 1.32. The zero-order chi connectivity index (χ0) is 13.5. The van der Waals surface area contributed by atoms with Crippen LogP contribution in [0.25, 0.3) is 0 Å². The van der Waals surface area contributed by atoms with Crippen LogP contribution in [0.1, 0.15) is 6.92 Å². The third kappa shape index (κ3) is 4.75. The summed E-state index contributed by atoms with van der Waals surface area (Å²) in [7, 11) is 1.61. The first kappa shape index (κ1) is 15.1. The Bertz CT molecular complexity index is 428. The lowest BCUT2D eigenvalue weighted by Gasteiger charge is -2.13. The number of rotatable bonds is 4. The predicted molar refractivity (Wildman–Crippen MR) is 78.8 cm³/mol. The molecule has 0 aliphatic heterocycles. The van der Waals surface area contributed by atoms with Gasteiger partial charge in [0.15, 0.2) is 0 Å². The molecule has 0 fully saturated rings. The number of nitrogens with one attached hydrogen (secondary N) is 2. The van der Waals surface area contributed by atoms with Crippen LogP contribution in [0.4, 0.5) is 10.1 Å². The Morgan fingerprint density at radius 3 is 2.89 bits per heavy atom. The highest BCUT2D eigenvalue weighted by Crippen LogP contribution is 2.18. The van der Waals surface area contributed by atoms with Crippen molar-refractivity contribution in [1.29, 1.82) is 0 Å². The van der Waals surface area contributed by atoms with E-state index in [4.69, 9.17) is 10.6 Å². The smallest absolute Gasteiger partial charge is 0.210 e. The Labute approximate surface area is 119 Å². The van der Waals surface area contributed by atoms with Gasteiger partial charge in [-0.05, 0) is 47.7 Å². The summed E-state index contributed by atoms with van der Waals surface area (Å²) in [5, 5.41) is 3.00. The maximum atomic E-state index is 13.0. The Balaban J connectivity index is 2.79. The van der Waals surface area contributed by atoms with Crippen molar-refractivity contribution < 1.29 is 9.13 Å². The molecule has 1 aromatic rings. The van der Waals surface area contributed by atoms with E-state index in [1.54, 1.807) is 13.2 Å². The molecule has 1 atom stereocenters. The number of ether oxygens (including phenoxy) is 1. The number of benzene rings is 1. The van der Waals surface area contributed by atoms with Crippen LogP contribution in [-0.4, -0.2) is 25.7 Å². The minimum atomic E-state index is -0.281. The van der Waals surface area contributed by atoms with Gasteiger partial charge in [-0.15, -0.1) is 0 Å². The van der Waals surface area contributed by atoms with Gasteiger partial charge >= 0.3 is 0 Å². The van der Waals surface area contributed by atoms with Gasteiger partial charge in [0.05, 0.1) is 18.3 Å². The van der Waals surface area contributed by atoms with E-state index in [0.29, 0.717) is 12.6 Å². The van der Waals surface area contributed by atoms with Crippen LogP contribution in [0.5, 0.6) is 0 Å². The molecular formula is C11H16FIN4O. The van der Waals surface area contributed by atoms with Crippen LogP contribution >= 0.6 is 22.6 Å². The van der Waals surface area contributed by atoms with E-state index in [0.717, 1.165) is 9.26 Å². The Kier molecular flexibility index (Phi) is 6.30. The predicted octanol–water partition coefficient (Wildman–Crippen LogP) is 1.70. The van der Waals surface area contributed by atoms with E-state index in [1.807, 2.05) is 29.5 Å². The minimum absolute atomic E-state index is 0.0355. The molecule has 0 saturated heterocycles. The number of nitrogens with two attached hydrogens (primary N) is 1. The molecule has 1 rings (SSSR count). The summed E-state index contributed by atoms with van der Waals surface area (Å²) in [5.74, 6) is 5.51. The topological polar surface area (TPSA) is 71.7 Å². The summed E-state index contributed by atoms with van der Waals surface area (Å²) < 4.78 is 18.7. The summed E-state index contributed by atoms with van der Waals surface area (Å²) in [6.07, 6.45) is 0. The van der Waals surface area contributed by atoms with Gasteiger partial charge in [-0.3, -0.25) is 5.43 Å². The highest BCUT2D eigenvalue weighted by atomic mass is 127. The lowest BCUT2D eigenvalue weighted by Crippen LogP contribution is -2.37. The van der Waals surface area contributed by atoms with Crippen molar-refractivity contribution in [2.45, 2.75) is 13.0 Å². The third-order valence-corrected chi connectivity index (χ3v) is 2.97. The van der Waals surface area contributed by atoms with E-state index in [2.05, 4.69) is 15.7 Å². The molecule has 0 aliphatic carbocycles. The number of hydrogen-bond donors (Lipinski definition) is 3. The Hall–Kier alpha value is -0.930. The number of anilines is 1. The summed E-state index contributed by atoms with van der Waals surface area (Å²) in [5.41, 5.74) is 3.20. The molecule has 0 aliphatic rings. The van der Waals surface area contributed by atoms with Crippen LogP contribution in [0.15, 0.2) is 23.2 Å². The molecule has 0 radical (unpaired) electrons. The molecule has 7 heteroatoms. The average Bonchev–Trinajstić information content (AvgIpc) is 2.31. The average molecular weight is 366 g/mol. The molecule has 5 nitrogen and oxygen atoms in total. The van der Waals surface area contributed by atoms with Crippen molar-refractivity contribution in [1.82, 2.24) is 5.43 Å². The van der Waals surface area contributed by atoms with Gasteiger partial charge in [-0.1, -0.05) is 0 Å². The first-order valence-electron chi connectivity index (χ1n) is 5.32. The number of guanidine groups is 1. The normalized spacial score (nSPS) is 13.3. The van der Waals surface area contributed by atoms with Crippen LogP contribution in [-0.2, 0) is 4.74 Å². The molecule has 0 aromatic heterocycles. The molecular weight excluding hydrogens is 350 g/mol. The minimum Gasteiger partial charge on any atom is -0.382 e. The van der Waals surface area contributed by atoms with Gasteiger partial charge in [-0.25, -0.2) is 15.2 Å². The second kappa shape index (κ2) is 7.49. The summed E-state index contributed by atoms with van der Waals surface area (Å²) >= 11 is 2.04. The molecule has 0 heterocycles. The maximum absolute atomic E-state index is 13.0. The molecule has 0 amide bonds. The summed E-state index contributed by atoms with van der Waals surface area (Å²) in [6.45, 7) is 2.39. The molecule has 18 heavy (non-hydrogen) atoms. The standard InChI is InChI=1S/C11H16FIN4O/c1-7(6-18-2)15-11(17-14)16-10-4-3-8(12)5-9(10)13/h3-5,7H,6,14H2,1-2H3,(H2,15,16,17). The van der Waals surface area contributed by atoms with Gasteiger partial charge in [0.1, 0.15) is 5.82 Å². The van der Waals surface area contributed by atoms with Crippen molar-refractivity contribution >= 4 is 34.2 Å². The monoisotopic (exact) mass is 366 g/mol. The van der Waals surface area contributed by atoms with Crippen molar-refractivity contribution in [3.63, 3.8) is 0 Å². The van der Waals surface area contributed by atoms with Crippen LogP contribution in [0.2, 0.25) is 0 Å². The molecule has 0 spiro atoms. The van der Waals surface area contributed by atoms with Gasteiger partial charge in [0.2, 0.25) is 5.96 Å². The van der Waals surface area contributed by atoms with Crippen LogP contribution < -0.4 is 16.6 Å². The second-order valence-electron chi connectivity index (χ2n) is 3.68. The fourth-order valence-corrected chi connectivity index (χ4v) is 1.94. The molecule has 100 valence electrons. The van der Waals surface area contributed by atoms with E-state index in [-0.39, 0.29) is 11.9 Å². The van der Waals surface area contributed by atoms with Crippen LogP contribution in [0.3, 0.4) is 0 Å². The van der Waals surface area contributed by atoms with E-state index in [9.17, 15) is 4.39 Å². The number of hydrogen-bond acceptors (Lipinski definition) is 3. The van der Waals surface area contributed by atoms with Crippen molar-refractivity contribution in [2.24, 2.45) is 10.8 Å². The largest absolute Gasteiger partial charge is 0.382 e. The number of methoxy groups -OCH3 is 1. The number of aliphatic imine (C=N–C) groups is 1. The van der Waals surface area contributed by atoms with Gasteiger partial charge in [0, 0.05) is 10.7 Å². The van der Waals surface area contributed by atoms with E-state index in [1.165, 1.54) is 12.1 Å². The molecule has 0 bridgehead atoms. The summed E-state index contributed by atoms with van der Waals surface area (Å²) in [4.78, 5) is 4.29. The molecule has 1 unspecified atom stereocenters. The highest BCUT2D eigenvalue weighted by Gasteiger charge is 2.06. The third-order valence-electron chi connectivity index (χ3n) is 2.08. The van der Waals surface area contributed by atoms with E-state index < -0.39 is 0 Å². The summed E-state index contributed by atoms with van der Waals surface area (Å²) in [6, 6.07) is 4.39. The van der Waals surface area contributed by atoms with Crippen molar-refractivity contribution in [3.05, 3.63) is 27.6 Å². The fraction of sp³-hybridized carbons (Fsp3) is 0.364. The Morgan fingerprint density at radius 2 is 2.33 bits per heavy atom. The highest BCUT2D eigenvalue weighted by molar-refractivity contribution is 14.1. The molecule has 1 aromatic carbocycles. The SMILES string of the molecule is COCC(C)N=C(NN)Nc1ccc(F)cc1I. The van der Waals surface area contributed by atoms with E-state index >= 15 is 0 Å². The number of halogens is 2. The lowest BCUT2D eigenvalue weighted by atomic mass is 10.3. The van der Waals surface area contributed by atoms with Crippen molar-refractivity contribution in [2.75, 3.05) is 19.0 Å². The first-order valence-corrected chi connectivity index (χ1v) is 6.40. The van der Waals surface area contributed by atoms with Crippen LogP contribution in [0, 0.1) is 9.39 Å². The maximum Gasteiger partial charge on any atom is 0.210 e. The van der Waals surface area contributed by atoms with Gasteiger partial charge < -0.3 is 10.1 Å². The zero-order valence-electron chi connectivity index (χ0n) is 10.2. The van der Waals surface area contributed by atoms with Crippen molar-refractivity contribution in [3.8, 4) is 0 Å². The molecule has 0 saturated carbocycles. The van der Waals surface area contributed by atoms with Gasteiger partial charge in [-0.2, -0.15) is 0 Å². The second-order valence-corrected chi connectivity index (χ2v) is 4.84. The number of nitrogens with zero attached hydrogens (tertiary/aromatic N) is 1. The lowest BCUT2D eigenvalue weighted by molar-refractivity contribution is 0.185. The zero-order valence-corrected chi connectivity index (χ0v) is 12.4. The first-order chi connectivity index (χ1) is 8.56. The quantitative estimate of drug-likeness (QED) is 0.249.